The molecule has 106 valence electrons. The minimum absolute atomic E-state index is 0.00856. The van der Waals surface area contributed by atoms with Crippen LogP contribution in [0.2, 0.25) is 5.22 Å². The molecule has 1 aromatic heterocycles. The van der Waals surface area contributed by atoms with Gasteiger partial charge in [-0.1, -0.05) is 12.1 Å². The molecule has 1 aliphatic heterocycles. The predicted molar refractivity (Wildman–Crippen MR) is 77.7 cm³/mol. The van der Waals surface area contributed by atoms with Crippen LogP contribution in [0.3, 0.4) is 0 Å². The first kappa shape index (κ1) is 13.5. The van der Waals surface area contributed by atoms with Crippen LogP contribution in [-0.2, 0) is 12.8 Å². The molecule has 0 bridgehead atoms. The highest BCUT2D eigenvalue weighted by atomic mass is 35.5. The zero-order chi connectivity index (χ0) is 13.9. The maximum absolute atomic E-state index is 5.99. The van der Waals surface area contributed by atoms with Gasteiger partial charge < -0.3 is 9.15 Å². The van der Waals surface area contributed by atoms with Gasteiger partial charge in [0.05, 0.1) is 18.9 Å². The first-order valence-electron chi connectivity index (χ1n) is 6.71. The number of aryl methyl sites for hydroxylation is 1. The van der Waals surface area contributed by atoms with Crippen LogP contribution >= 0.6 is 11.6 Å². The lowest BCUT2D eigenvalue weighted by Gasteiger charge is -2.14. The second kappa shape index (κ2) is 5.87. The van der Waals surface area contributed by atoms with Crippen molar-refractivity contribution in [3.63, 3.8) is 0 Å². The molecule has 2 heterocycles. The summed E-state index contributed by atoms with van der Waals surface area (Å²) in [7, 11) is 0. The van der Waals surface area contributed by atoms with Gasteiger partial charge in [-0.15, -0.1) is 0 Å². The van der Waals surface area contributed by atoms with E-state index in [2.05, 4.69) is 17.6 Å². The van der Waals surface area contributed by atoms with Crippen LogP contribution in [0, 0.1) is 0 Å². The largest absolute Gasteiger partial charge is 0.493 e. The van der Waals surface area contributed by atoms with E-state index in [1.165, 1.54) is 11.1 Å². The van der Waals surface area contributed by atoms with Gasteiger partial charge in [-0.05, 0) is 47.7 Å². The fourth-order valence-electron chi connectivity index (χ4n) is 2.59. The van der Waals surface area contributed by atoms with E-state index in [-0.39, 0.29) is 6.04 Å². The Kier molecular flexibility index (Phi) is 3.96. The summed E-state index contributed by atoms with van der Waals surface area (Å²) in [6.07, 6.45) is 4.35. The van der Waals surface area contributed by atoms with Gasteiger partial charge >= 0.3 is 0 Å². The minimum atomic E-state index is -0.00856. The number of ether oxygens (including phenoxy) is 1. The Bertz CT molecular complexity index is 597. The van der Waals surface area contributed by atoms with Crippen LogP contribution in [0.5, 0.6) is 5.75 Å². The third-order valence-electron chi connectivity index (χ3n) is 3.70. The van der Waals surface area contributed by atoms with E-state index in [1.807, 2.05) is 12.1 Å². The lowest BCUT2D eigenvalue weighted by Crippen LogP contribution is -2.28. The van der Waals surface area contributed by atoms with Crippen LogP contribution in [0.1, 0.15) is 29.2 Å². The van der Waals surface area contributed by atoms with Crippen LogP contribution < -0.4 is 16.0 Å². The summed E-state index contributed by atoms with van der Waals surface area (Å²) in [6.45, 7) is 0.788. The fourth-order valence-corrected chi connectivity index (χ4v) is 2.83. The second-order valence-electron chi connectivity index (χ2n) is 4.95. The summed E-state index contributed by atoms with van der Waals surface area (Å²) in [5.41, 5.74) is 6.28. The molecule has 3 rings (SSSR count). The van der Waals surface area contributed by atoms with E-state index in [0.29, 0.717) is 5.22 Å². The minimum Gasteiger partial charge on any atom is -0.493 e. The van der Waals surface area contributed by atoms with Crippen molar-refractivity contribution in [3.8, 4) is 5.75 Å². The Labute approximate surface area is 122 Å². The lowest BCUT2D eigenvalue weighted by atomic mass is 9.99. The zero-order valence-electron chi connectivity index (χ0n) is 11.1. The van der Waals surface area contributed by atoms with E-state index in [0.717, 1.165) is 37.2 Å². The highest BCUT2D eigenvalue weighted by Gasteiger charge is 2.17. The van der Waals surface area contributed by atoms with Gasteiger partial charge in [0.15, 0.2) is 5.22 Å². The van der Waals surface area contributed by atoms with Crippen molar-refractivity contribution >= 4 is 11.6 Å². The number of hydrogen-bond donors (Lipinski definition) is 2. The number of nitrogens with one attached hydrogen (secondary N) is 1. The van der Waals surface area contributed by atoms with Crippen molar-refractivity contribution < 1.29 is 9.15 Å². The molecule has 0 fully saturated rings. The Balaban J connectivity index is 1.68. The van der Waals surface area contributed by atoms with Gasteiger partial charge in [-0.3, -0.25) is 11.3 Å². The molecule has 0 radical (unpaired) electrons. The Hall–Kier alpha value is -1.49. The van der Waals surface area contributed by atoms with Crippen molar-refractivity contribution in [2.75, 3.05) is 6.61 Å². The number of benzene rings is 1. The molecule has 3 N–H and O–H groups in total. The van der Waals surface area contributed by atoms with Gasteiger partial charge in [-0.25, -0.2) is 0 Å². The van der Waals surface area contributed by atoms with Crippen LogP contribution in [0.4, 0.5) is 0 Å². The molecule has 5 heteroatoms. The van der Waals surface area contributed by atoms with Crippen molar-refractivity contribution in [3.05, 3.63) is 52.4 Å². The molecule has 1 aromatic carbocycles. The SMILES string of the molecule is NNC(CCc1ccc2c(c1)CCO2)c1ccoc1Cl. The number of nitrogens with two attached hydrogens (primary N) is 1. The topological polar surface area (TPSA) is 60.4 Å². The normalized spacial score (nSPS) is 14.9. The third-order valence-corrected chi connectivity index (χ3v) is 4.01. The number of hydrazine groups is 1. The number of furan rings is 1. The molecule has 1 atom stereocenters. The lowest BCUT2D eigenvalue weighted by molar-refractivity contribution is 0.357. The highest BCUT2D eigenvalue weighted by molar-refractivity contribution is 6.29. The van der Waals surface area contributed by atoms with Gasteiger partial charge in [0, 0.05) is 12.0 Å². The van der Waals surface area contributed by atoms with Crippen molar-refractivity contribution in [2.24, 2.45) is 5.84 Å². The van der Waals surface area contributed by atoms with Crippen LogP contribution in [0.15, 0.2) is 34.9 Å². The van der Waals surface area contributed by atoms with Crippen molar-refractivity contribution in [1.82, 2.24) is 5.43 Å². The van der Waals surface area contributed by atoms with E-state index < -0.39 is 0 Å². The monoisotopic (exact) mass is 292 g/mol. The molecule has 0 saturated carbocycles. The molecule has 1 aliphatic rings. The Morgan fingerprint density at radius 1 is 1.35 bits per heavy atom. The van der Waals surface area contributed by atoms with Crippen molar-refractivity contribution in [1.29, 1.82) is 0 Å². The molecular weight excluding hydrogens is 276 g/mol. The molecule has 4 nitrogen and oxygen atoms in total. The zero-order valence-corrected chi connectivity index (χ0v) is 11.8. The van der Waals surface area contributed by atoms with E-state index in [1.54, 1.807) is 6.26 Å². The van der Waals surface area contributed by atoms with Gasteiger partial charge in [0.25, 0.3) is 0 Å². The summed E-state index contributed by atoms with van der Waals surface area (Å²) in [6, 6.07) is 8.21. The summed E-state index contributed by atoms with van der Waals surface area (Å²) in [5, 5.41) is 0.398. The Morgan fingerprint density at radius 2 is 2.25 bits per heavy atom. The van der Waals surface area contributed by atoms with Gasteiger partial charge in [0.1, 0.15) is 5.75 Å². The van der Waals surface area contributed by atoms with E-state index in [4.69, 9.17) is 26.6 Å². The first-order chi connectivity index (χ1) is 9.78. The van der Waals surface area contributed by atoms with E-state index >= 15 is 0 Å². The average Bonchev–Trinajstić information content (AvgIpc) is 3.08. The number of hydrogen-bond acceptors (Lipinski definition) is 4. The average molecular weight is 293 g/mol. The highest BCUT2D eigenvalue weighted by Crippen LogP contribution is 2.29. The summed E-state index contributed by atoms with van der Waals surface area (Å²) < 4.78 is 10.6. The molecule has 0 spiro atoms. The van der Waals surface area contributed by atoms with Crippen LogP contribution in [-0.4, -0.2) is 6.61 Å². The first-order valence-corrected chi connectivity index (χ1v) is 7.09. The Morgan fingerprint density at radius 3 is 3.00 bits per heavy atom. The smallest absolute Gasteiger partial charge is 0.197 e. The predicted octanol–water partition coefficient (Wildman–Crippen LogP) is 3.01. The van der Waals surface area contributed by atoms with Gasteiger partial charge in [-0.2, -0.15) is 0 Å². The molecule has 0 aliphatic carbocycles. The molecular formula is C15H17ClN2O2. The maximum atomic E-state index is 5.99. The number of halogens is 1. The second-order valence-corrected chi connectivity index (χ2v) is 5.29. The summed E-state index contributed by atoms with van der Waals surface area (Å²) in [5.74, 6) is 6.63. The molecule has 20 heavy (non-hydrogen) atoms. The summed E-state index contributed by atoms with van der Waals surface area (Å²) >= 11 is 5.99. The fraction of sp³-hybridized carbons (Fsp3) is 0.333. The van der Waals surface area contributed by atoms with Crippen LogP contribution in [0.25, 0.3) is 0 Å². The summed E-state index contributed by atoms with van der Waals surface area (Å²) in [4.78, 5) is 0. The quantitative estimate of drug-likeness (QED) is 0.657. The third kappa shape index (κ3) is 2.68. The van der Waals surface area contributed by atoms with Gasteiger partial charge in [0.2, 0.25) is 0 Å². The van der Waals surface area contributed by atoms with Crippen molar-refractivity contribution in [2.45, 2.75) is 25.3 Å². The molecule has 1 unspecified atom stereocenters. The number of fused-ring (bicyclic) bond motifs is 1. The number of rotatable bonds is 5. The maximum Gasteiger partial charge on any atom is 0.197 e. The van der Waals surface area contributed by atoms with E-state index in [9.17, 15) is 0 Å². The molecule has 0 saturated heterocycles. The molecule has 2 aromatic rings. The molecule has 0 amide bonds. The standard InChI is InChI=1S/C15H17ClN2O2/c16-15-12(6-8-20-15)13(18-17)3-1-10-2-4-14-11(9-10)5-7-19-14/h2,4,6,8-9,13,18H,1,3,5,7,17H2.